The number of rotatable bonds is 5. The third-order valence-corrected chi connectivity index (χ3v) is 6.20. The number of fused-ring (bicyclic) bond motifs is 1. The van der Waals surface area contributed by atoms with Crippen molar-refractivity contribution in [3.63, 3.8) is 0 Å². The average molecular weight is 393 g/mol. The fraction of sp³-hybridized carbons (Fsp3) is 0.318. The Hall–Kier alpha value is -2.60. The van der Waals surface area contributed by atoms with Crippen LogP contribution in [0.5, 0.6) is 0 Å². The van der Waals surface area contributed by atoms with Crippen LogP contribution in [0.3, 0.4) is 0 Å². The van der Waals surface area contributed by atoms with E-state index < -0.39 is 0 Å². The minimum Gasteiger partial charge on any atom is -0.349 e. The van der Waals surface area contributed by atoms with Gasteiger partial charge in [0.25, 0.3) is 0 Å². The van der Waals surface area contributed by atoms with Crippen molar-refractivity contribution in [2.24, 2.45) is 7.05 Å². The van der Waals surface area contributed by atoms with E-state index in [2.05, 4.69) is 52.8 Å². The van der Waals surface area contributed by atoms with Gasteiger partial charge in [-0.3, -0.25) is 4.79 Å². The Labute approximate surface area is 169 Å². The maximum atomic E-state index is 12.5. The van der Waals surface area contributed by atoms with Gasteiger partial charge in [-0.05, 0) is 37.3 Å². The van der Waals surface area contributed by atoms with Crippen LogP contribution in [0, 0.1) is 6.92 Å². The van der Waals surface area contributed by atoms with Gasteiger partial charge in [0.2, 0.25) is 5.91 Å². The number of nitrogens with zero attached hydrogens (tertiary/aromatic N) is 3. The molecule has 1 aliphatic rings. The summed E-state index contributed by atoms with van der Waals surface area (Å²) < 4.78 is 1.94. The van der Waals surface area contributed by atoms with Crippen molar-refractivity contribution >= 4 is 17.7 Å². The SMILES string of the molecule is Cc1ccc(-c2nnc(SCC(=O)NC3CCCc4ccccc43)n2C)cc1. The first-order chi connectivity index (χ1) is 13.6. The third-order valence-electron chi connectivity index (χ3n) is 5.18. The van der Waals surface area contributed by atoms with Crippen LogP contribution in [0.2, 0.25) is 0 Å². The number of amides is 1. The van der Waals surface area contributed by atoms with Crippen molar-refractivity contribution in [3.8, 4) is 11.4 Å². The molecular formula is C22H24N4OS. The Morgan fingerprint density at radius 3 is 2.79 bits per heavy atom. The monoisotopic (exact) mass is 392 g/mol. The molecular weight excluding hydrogens is 368 g/mol. The van der Waals surface area contributed by atoms with Gasteiger partial charge in [0.1, 0.15) is 0 Å². The molecule has 0 saturated heterocycles. The molecule has 0 aliphatic heterocycles. The van der Waals surface area contributed by atoms with E-state index in [4.69, 9.17) is 0 Å². The van der Waals surface area contributed by atoms with Crippen LogP contribution in [-0.2, 0) is 18.3 Å². The average Bonchev–Trinajstić information content (AvgIpc) is 3.08. The van der Waals surface area contributed by atoms with E-state index in [1.54, 1.807) is 0 Å². The molecule has 144 valence electrons. The second-order valence-corrected chi connectivity index (χ2v) is 8.17. The molecule has 1 atom stereocenters. The highest BCUT2D eigenvalue weighted by atomic mass is 32.2. The van der Waals surface area contributed by atoms with Crippen LogP contribution < -0.4 is 5.32 Å². The summed E-state index contributed by atoms with van der Waals surface area (Å²) in [7, 11) is 1.94. The van der Waals surface area contributed by atoms with Gasteiger partial charge < -0.3 is 9.88 Å². The zero-order chi connectivity index (χ0) is 19.5. The highest BCUT2D eigenvalue weighted by molar-refractivity contribution is 7.99. The first-order valence-corrected chi connectivity index (χ1v) is 10.6. The molecule has 6 heteroatoms. The van der Waals surface area contributed by atoms with E-state index in [-0.39, 0.29) is 11.9 Å². The number of nitrogens with one attached hydrogen (secondary N) is 1. The van der Waals surface area contributed by atoms with Gasteiger partial charge in [0.05, 0.1) is 11.8 Å². The molecule has 0 fully saturated rings. The molecule has 1 N–H and O–H groups in total. The number of carbonyl (C=O) groups excluding carboxylic acids is 1. The summed E-state index contributed by atoms with van der Waals surface area (Å²) in [4.78, 5) is 12.5. The van der Waals surface area contributed by atoms with Crippen molar-refractivity contribution < 1.29 is 4.79 Å². The van der Waals surface area contributed by atoms with Crippen molar-refractivity contribution in [1.29, 1.82) is 0 Å². The first kappa shape index (κ1) is 18.7. The Kier molecular flexibility index (Phi) is 5.48. The third kappa shape index (κ3) is 3.97. The Bertz CT molecular complexity index is 980. The molecule has 2 aromatic carbocycles. The molecule has 1 unspecified atom stereocenters. The topological polar surface area (TPSA) is 59.8 Å². The van der Waals surface area contributed by atoms with E-state index in [1.807, 2.05) is 29.8 Å². The largest absolute Gasteiger partial charge is 0.349 e. The fourth-order valence-electron chi connectivity index (χ4n) is 3.66. The number of aromatic nitrogens is 3. The number of aryl methyl sites for hydroxylation is 2. The second kappa shape index (κ2) is 8.19. The molecule has 1 aromatic heterocycles. The van der Waals surface area contributed by atoms with Crippen molar-refractivity contribution in [3.05, 3.63) is 65.2 Å². The lowest BCUT2D eigenvalue weighted by Gasteiger charge is -2.26. The molecule has 0 saturated carbocycles. The summed E-state index contributed by atoms with van der Waals surface area (Å²) >= 11 is 1.42. The van der Waals surface area contributed by atoms with Crippen LogP contribution in [0.25, 0.3) is 11.4 Å². The van der Waals surface area contributed by atoms with E-state index in [1.165, 1.54) is 28.5 Å². The Morgan fingerprint density at radius 1 is 1.18 bits per heavy atom. The Morgan fingerprint density at radius 2 is 1.96 bits per heavy atom. The minimum atomic E-state index is 0.0339. The highest BCUT2D eigenvalue weighted by Gasteiger charge is 2.21. The summed E-state index contributed by atoms with van der Waals surface area (Å²) in [6.45, 7) is 2.06. The van der Waals surface area contributed by atoms with Crippen molar-refractivity contribution in [1.82, 2.24) is 20.1 Å². The molecule has 28 heavy (non-hydrogen) atoms. The van der Waals surface area contributed by atoms with Crippen LogP contribution in [-0.4, -0.2) is 26.4 Å². The molecule has 0 radical (unpaired) electrons. The molecule has 1 aliphatic carbocycles. The van der Waals surface area contributed by atoms with Gasteiger partial charge in [-0.25, -0.2) is 0 Å². The van der Waals surface area contributed by atoms with Crippen LogP contribution in [0.1, 0.15) is 35.6 Å². The molecule has 4 rings (SSSR count). The first-order valence-electron chi connectivity index (χ1n) is 9.58. The number of carbonyl (C=O) groups is 1. The predicted octanol–water partition coefficient (Wildman–Crippen LogP) is 4.08. The smallest absolute Gasteiger partial charge is 0.230 e. The van der Waals surface area contributed by atoms with Crippen LogP contribution >= 0.6 is 11.8 Å². The van der Waals surface area contributed by atoms with E-state index in [0.29, 0.717) is 5.75 Å². The zero-order valence-corrected chi connectivity index (χ0v) is 17.0. The van der Waals surface area contributed by atoms with Gasteiger partial charge >= 0.3 is 0 Å². The molecule has 1 heterocycles. The highest BCUT2D eigenvalue weighted by Crippen LogP contribution is 2.29. The summed E-state index contributed by atoms with van der Waals surface area (Å²) in [5, 5.41) is 12.5. The lowest BCUT2D eigenvalue weighted by atomic mass is 9.88. The number of hydrogen-bond donors (Lipinski definition) is 1. The van der Waals surface area contributed by atoms with E-state index in [9.17, 15) is 4.79 Å². The number of thioether (sulfide) groups is 1. The predicted molar refractivity (Wildman–Crippen MR) is 112 cm³/mol. The van der Waals surface area contributed by atoms with Crippen LogP contribution in [0.4, 0.5) is 0 Å². The van der Waals surface area contributed by atoms with Crippen molar-refractivity contribution in [2.75, 3.05) is 5.75 Å². The maximum absolute atomic E-state index is 12.5. The normalized spacial score (nSPS) is 15.9. The summed E-state index contributed by atoms with van der Waals surface area (Å²) in [5.74, 6) is 1.18. The standard InChI is InChI=1S/C22H24N4OS/c1-15-10-12-17(13-11-15)21-24-25-22(26(21)2)28-14-20(27)23-19-9-5-7-16-6-3-4-8-18(16)19/h3-4,6,8,10-13,19H,5,7,9,14H2,1-2H3,(H,23,27). The zero-order valence-electron chi connectivity index (χ0n) is 16.2. The number of hydrogen-bond acceptors (Lipinski definition) is 4. The molecule has 0 spiro atoms. The second-order valence-electron chi connectivity index (χ2n) is 7.23. The van der Waals surface area contributed by atoms with E-state index in [0.717, 1.165) is 35.8 Å². The van der Waals surface area contributed by atoms with Gasteiger partial charge in [0, 0.05) is 12.6 Å². The van der Waals surface area contributed by atoms with Gasteiger partial charge in [-0.2, -0.15) is 0 Å². The van der Waals surface area contributed by atoms with Crippen molar-refractivity contribution in [2.45, 2.75) is 37.4 Å². The number of benzene rings is 2. The van der Waals surface area contributed by atoms with Gasteiger partial charge in [-0.15, -0.1) is 10.2 Å². The van der Waals surface area contributed by atoms with Gasteiger partial charge in [-0.1, -0.05) is 65.9 Å². The van der Waals surface area contributed by atoms with E-state index >= 15 is 0 Å². The maximum Gasteiger partial charge on any atom is 0.230 e. The van der Waals surface area contributed by atoms with Gasteiger partial charge in [0.15, 0.2) is 11.0 Å². The minimum absolute atomic E-state index is 0.0339. The quantitative estimate of drug-likeness (QED) is 0.665. The fourth-order valence-corrected chi connectivity index (χ4v) is 4.39. The molecule has 3 aromatic rings. The lowest BCUT2D eigenvalue weighted by molar-refractivity contribution is -0.119. The Balaban J connectivity index is 1.39. The lowest BCUT2D eigenvalue weighted by Crippen LogP contribution is -2.32. The summed E-state index contributed by atoms with van der Waals surface area (Å²) in [6, 6.07) is 16.7. The molecule has 0 bridgehead atoms. The molecule has 5 nitrogen and oxygen atoms in total. The summed E-state index contributed by atoms with van der Waals surface area (Å²) in [6.07, 6.45) is 3.20. The summed E-state index contributed by atoms with van der Waals surface area (Å²) in [5.41, 5.74) is 4.84. The molecule has 1 amide bonds. The van der Waals surface area contributed by atoms with Crippen LogP contribution in [0.15, 0.2) is 53.7 Å².